The van der Waals surface area contributed by atoms with Crippen molar-refractivity contribution in [3.63, 3.8) is 0 Å². The summed E-state index contributed by atoms with van der Waals surface area (Å²) in [5.41, 5.74) is 0.924. The van der Waals surface area contributed by atoms with Gasteiger partial charge in [-0.05, 0) is 12.1 Å². The highest BCUT2D eigenvalue weighted by atomic mass is 16.4. The average Bonchev–Trinajstić information content (AvgIpc) is 2.15. The van der Waals surface area contributed by atoms with E-state index in [0.29, 0.717) is 17.4 Å². The SMILES string of the molecule is O=Cc1ccncc1C=CC(=O)O. The Morgan fingerprint density at radius 3 is 2.85 bits per heavy atom. The van der Waals surface area contributed by atoms with Crippen LogP contribution in [0, 0.1) is 0 Å². The van der Waals surface area contributed by atoms with E-state index in [0.717, 1.165) is 6.08 Å². The lowest BCUT2D eigenvalue weighted by Gasteiger charge is -1.94. The van der Waals surface area contributed by atoms with Crippen molar-refractivity contribution in [1.29, 1.82) is 0 Å². The molecule has 4 nitrogen and oxygen atoms in total. The quantitative estimate of drug-likeness (QED) is 0.552. The zero-order valence-electron chi connectivity index (χ0n) is 6.68. The van der Waals surface area contributed by atoms with Crippen LogP contribution in [0.25, 0.3) is 6.08 Å². The summed E-state index contributed by atoms with van der Waals surface area (Å²) in [5, 5.41) is 8.34. The van der Waals surface area contributed by atoms with Crippen LogP contribution in [0.4, 0.5) is 0 Å². The Bertz CT molecular complexity index is 358. The number of carbonyl (C=O) groups excluding carboxylic acids is 1. The first-order valence-electron chi connectivity index (χ1n) is 3.54. The molecule has 66 valence electrons. The number of carboxylic acids is 1. The molecular formula is C9H7NO3. The summed E-state index contributed by atoms with van der Waals surface area (Å²) in [6.45, 7) is 0. The standard InChI is InChI=1S/C9H7NO3/c11-6-8-3-4-10-5-7(8)1-2-9(12)13/h1-6H,(H,12,13). The van der Waals surface area contributed by atoms with Gasteiger partial charge in [0.05, 0.1) is 0 Å². The highest BCUT2D eigenvalue weighted by molar-refractivity contribution is 5.88. The van der Waals surface area contributed by atoms with E-state index >= 15 is 0 Å². The number of aliphatic carboxylic acids is 1. The molecule has 1 rings (SSSR count). The molecular weight excluding hydrogens is 170 g/mol. The van der Waals surface area contributed by atoms with E-state index in [2.05, 4.69) is 4.98 Å². The van der Waals surface area contributed by atoms with Crippen LogP contribution in [0.1, 0.15) is 15.9 Å². The molecule has 1 aromatic heterocycles. The number of aromatic nitrogens is 1. The zero-order chi connectivity index (χ0) is 9.68. The van der Waals surface area contributed by atoms with Crippen LogP contribution in [0.15, 0.2) is 24.5 Å². The molecule has 0 aromatic carbocycles. The molecule has 1 heterocycles. The second-order valence-electron chi connectivity index (χ2n) is 2.29. The predicted octanol–water partition coefficient (Wildman–Crippen LogP) is 0.992. The van der Waals surface area contributed by atoms with E-state index in [1.807, 2.05) is 0 Å². The van der Waals surface area contributed by atoms with Crippen LogP contribution >= 0.6 is 0 Å². The lowest BCUT2D eigenvalue weighted by molar-refractivity contribution is -0.131. The molecule has 0 aliphatic rings. The third-order valence-corrected chi connectivity index (χ3v) is 1.42. The summed E-state index contributed by atoms with van der Waals surface area (Å²) in [4.78, 5) is 24.4. The second kappa shape index (κ2) is 4.15. The average molecular weight is 177 g/mol. The fourth-order valence-electron chi connectivity index (χ4n) is 0.825. The van der Waals surface area contributed by atoms with E-state index in [4.69, 9.17) is 5.11 Å². The Hall–Kier alpha value is -1.97. The maximum absolute atomic E-state index is 10.5. The van der Waals surface area contributed by atoms with Crippen LogP contribution < -0.4 is 0 Å². The van der Waals surface area contributed by atoms with Gasteiger partial charge in [-0.2, -0.15) is 0 Å². The maximum Gasteiger partial charge on any atom is 0.328 e. The lowest BCUT2D eigenvalue weighted by atomic mass is 10.1. The van der Waals surface area contributed by atoms with Gasteiger partial charge in [0.15, 0.2) is 6.29 Å². The largest absolute Gasteiger partial charge is 0.478 e. The lowest BCUT2D eigenvalue weighted by Crippen LogP contribution is -1.89. The molecule has 0 radical (unpaired) electrons. The van der Waals surface area contributed by atoms with Gasteiger partial charge < -0.3 is 5.11 Å². The van der Waals surface area contributed by atoms with Crippen molar-refractivity contribution in [3.8, 4) is 0 Å². The summed E-state index contributed by atoms with van der Waals surface area (Å²) < 4.78 is 0. The van der Waals surface area contributed by atoms with Crippen molar-refractivity contribution in [3.05, 3.63) is 35.7 Å². The van der Waals surface area contributed by atoms with Crippen molar-refractivity contribution in [2.24, 2.45) is 0 Å². The number of hydrogen-bond acceptors (Lipinski definition) is 3. The van der Waals surface area contributed by atoms with Gasteiger partial charge >= 0.3 is 5.97 Å². The molecule has 0 amide bonds. The summed E-state index contributed by atoms with van der Waals surface area (Å²) in [5.74, 6) is -1.05. The highest BCUT2D eigenvalue weighted by Gasteiger charge is 1.96. The molecule has 0 aliphatic carbocycles. The first-order valence-corrected chi connectivity index (χ1v) is 3.54. The van der Waals surface area contributed by atoms with Gasteiger partial charge in [0.25, 0.3) is 0 Å². The van der Waals surface area contributed by atoms with Crippen LogP contribution in [0.3, 0.4) is 0 Å². The Morgan fingerprint density at radius 2 is 2.23 bits per heavy atom. The summed E-state index contributed by atoms with van der Waals surface area (Å²) in [7, 11) is 0. The van der Waals surface area contributed by atoms with E-state index in [9.17, 15) is 9.59 Å². The van der Waals surface area contributed by atoms with Crippen molar-refractivity contribution in [1.82, 2.24) is 4.98 Å². The predicted molar refractivity (Wildman–Crippen MR) is 46.3 cm³/mol. The molecule has 0 spiro atoms. The summed E-state index contributed by atoms with van der Waals surface area (Å²) in [6, 6.07) is 1.52. The molecule has 0 saturated carbocycles. The zero-order valence-corrected chi connectivity index (χ0v) is 6.68. The Morgan fingerprint density at radius 1 is 1.46 bits per heavy atom. The molecule has 1 N–H and O–H groups in total. The molecule has 1 aromatic rings. The highest BCUT2D eigenvalue weighted by Crippen LogP contribution is 2.05. The summed E-state index contributed by atoms with van der Waals surface area (Å²) >= 11 is 0. The monoisotopic (exact) mass is 177 g/mol. The molecule has 0 unspecified atom stereocenters. The number of carboxylic acid groups (broad SMARTS) is 1. The smallest absolute Gasteiger partial charge is 0.328 e. The fraction of sp³-hybridized carbons (Fsp3) is 0. The number of carbonyl (C=O) groups is 2. The van der Waals surface area contributed by atoms with Gasteiger partial charge in [0, 0.05) is 29.6 Å². The number of rotatable bonds is 3. The fourth-order valence-corrected chi connectivity index (χ4v) is 0.825. The molecule has 4 heteroatoms. The maximum atomic E-state index is 10.5. The van der Waals surface area contributed by atoms with Crippen molar-refractivity contribution < 1.29 is 14.7 Å². The van der Waals surface area contributed by atoms with Crippen LogP contribution in [-0.2, 0) is 4.79 Å². The van der Waals surface area contributed by atoms with Crippen LogP contribution in [-0.4, -0.2) is 22.3 Å². The third kappa shape index (κ3) is 2.52. The second-order valence-corrected chi connectivity index (χ2v) is 2.29. The number of hydrogen-bond donors (Lipinski definition) is 1. The minimum absolute atomic E-state index is 0.424. The topological polar surface area (TPSA) is 67.3 Å². The van der Waals surface area contributed by atoms with Gasteiger partial charge in [-0.1, -0.05) is 0 Å². The number of aldehydes is 1. The molecule has 0 fully saturated rings. The minimum Gasteiger partial charge on any atom is -0.478 e. The van der Waals surface area contributed by atoms with Gasteiger partial charge in [-0.15, -0.1) is 0 Å². The Labute approximate surface area is 74.5 Å². The Balaban J connectivity index is 3.00. The molecule has 13 heavy (non-hydrogen) atoms. The van der Waals surface area contributed by atoms with Crippen LogP contribution in [0.2, 0.25) is 0 Å². The normalized spacial score (nSPS) is 10.2. The van der Waals surface area contributed by atoms with E-state index in [-0.39, 0.29) is 0 Å². The Kier molecular flexibility index (Phi) is 2.92. The van der Waals surface area contributed by atoms with Gasteiger partial charge in [-0.25, -0.2) is 4.79 Å². The van der Waals surface area contributed by atoms with E-state index in [1.54, 1.807) is 0 Å². The van der Waals surface area contributed by atoms with Gasteiger partial charge in [0.2, 0.25) is 0 Å². The first kappa shape index (κ1) is 9.12. The first-order chi connectivity index (χ1) is 6.24. The molecule has 0 saturated heterocycles. The van der Waals surface area contributed by atoms with Crippen molar-refractivity contribution >= 4 is 18.3 Å². The van der Waals surface area contributed by atoms with Gasteiger partial charge in [-0.3, -0.25) is 9.78 Å². The van der Waals surface area contributed by atoms with Crippen molar-refractivity contribution in [2.45, 2.75) is 0 Å². The van der Waals surface area contributed by atoms with Gasteiger partial charge in [0.1, 0.15) is 0 Å². The number of pyridine rings is 1. The minimum atomic E-state index is -1.05. The summed E-state index contributed by atoms with van der Waals surface area (Å²) in [6.07, 6.45) is 5.86. The number of nitrogens with zero attached hydrogens (tertiary/aromatic N) is 1. The van der Waals surface area contributed by atoms with Crippen molar-refractivity contribution in [2.75, 3.05) is 0 Å². The third-order valence-electron chi connectivity index (χ3n) is 1.42. The van der Waals surface area contributed by atoms with E-state index in [1.165, 1.54) is 24.5 Å². The molecule has 0 bridgehead atoms. The van der Waals surface area contributed by atoms with E-state index < -0.39 is 5.97 Å². The van der Waals surface area contributed by atoms with Crippen LogP contribution in [0.5, 0.6) is 0 Å². The molecule has 0 aliphatic heterocycles. The molecule has 0 atom stereocenters.